The largest absolute Gasteiger partial charge is 0.493 e. The molecule has 0 aliphatic rings. The van der Waals surface area contributed by atoms with Crippen molar-refractivity contribution < 1.29 is 14.3 Å². The highest BCUT2D eigenvalue weighted by atomic mass is 16.5. The van der Waals surface area contributed by atoms with Gasteiger partial charge >= 0.3 is 0 Å². The number of amides is 1. The van der Waals surface area contributed by atoms with Crippen LogP contribution in [0.15, 0.2) is 18.2 Å². The molecule has 1 heterocycles. The van der Waals surface area contributed by atoms with Crippen molar-refractivity contribution in [1.29, 1.82) is 0 Å². The third kappa shape index (κ3) is 5.44. The van der Waals surface area contributed by atoms with E-state index in [0.717, 1.165) is 18.4 Å². The van der Waals surface area contributed by atoms with E-state index >= 15 is 0 Å². The van der Waals surface area contributed by atoms with Crippen LogP contribution in [0.5, 0.6) is 11.5 Å². The first kappa shape index (κ1) is 19.7. The molecular weight excluding hydrogens is 334 g/mol. The van der Waals surface area contributed by atoms with Crippen LogP contribution in [0.4, 0.5) is 0 Å². The number of aromatic nitrogens is 4. The minimum Gasteiger partial charge on any atom is -0.493 e. The van der Waals surface area contributed by atoms with Crippen molar-refractivity contribution in [3.8, 4) is 22.9 Å². The molecule has 142 valence electrons. The number of rotatable bonds is 9. The van der Waals surface area contributed by atoms with Crippen molar-refractivity contribution >= 4 is 5.91 Å². The van der Waals surface area contributed by atoms with Crippen LogP contribution in [0.1, 0.15) is 33.6 Å². The van der Waals surface area contributed by atoms with Gasteiger partial charge in [-0.15, -0.1) is 10.2 Å². The highest BCUT2D eigenvalue weighted by Gasteiger charge is 2.13. The fourth-order valence-corrected chi connectivity index (χ4v) is 2.51. The number of carbonyl (C=O) groups excluding carboxylic acids is 1. The van der Waals surface area contributed by atoms with Gasteiger partial charge in [-0.3, -0.25) is 4.79 Å². The average molecular weight is 361 g/mol. The molecule has 26 heavy (non-hydrogen) atoms. The molecule has 1 aromatic heterocycles. The Bertz CT molecular complexity index is 729. The SMILES string of the molecule is COc1ccc(-c2nnn(CC(=O)N[C@H](C)CCC(C)C)n2)cc1OC. The van der Waals surface area contributed by atoms with Gasteiger partial charge in [-0.25, -0.2) is 0 Å². The number of hydrogen-bond acceptors (Lipinski definition) is 6. The summed E-state index contributed by atoms with van der Waals surface area (Å²) in [6, 6.07) is 5.49. The van der Waals surface area contributed by atoms with Crippen LogP contribution in [-0.2, 0) is 11.3 Å². The lowest BCUT2D eigenvalue weighted by Crippen LogP contribution is -2.35. The lowest BCUT2D eigenvalue weighted by Gasteiger charge is -2.14. The standard InChI is InChI=1S/C18H27N5O3/c1-12(2)6-7-13(3)19-17(24)11-23-21-18(20-22-23)14-8-9-15(25-4)16(10-14)26-5/h8-10,12-13H,6-7,11H2,1-5H3,(H,19,24)/t13-/m1/s1. The maximum absolute atomic E-state index is 12.1. The van der Waals surface area contributed by atoms with E-state index in [-0.39, 0.29) is 18.5 Å². The molecule has 2 aromatic rings. The van der Waals surface area contributed by atoms with Crippen molar-refractivity contribution in [2.75, 3.05) is 14.2 Å². The molecule has 2 rings (SSSR count). The smallest absolute Gasteiger partial charge is 0.243 e. The van der Waals surface area contributed by atoms with E-state index in [4.69, 9.17) is 9.47 Å². The van der Waals surface area contributed by atoms with Crippen LogP contribution in [-0.4, -0.2) is 46.4 Å². The first-order valence-corrected chi connectivity index (χ1v) is 8.72. The highest BCUT2D eigenvalue weighted by Crippen LogP contribution is 2.30. The summed E-state index contributed by atoms with van der Waals surface area (Å²) in [5.74, 6) is 2.12. The van der Waals surface area contributed by atoms with Gasteiger partial charge in [0.05, 0.1) is 14.2 Å². The topological polar surface area (TPSA) is 91.2 Å². The summed E-state index contributed by atoms with van der Waals surface area (Å²) in [5.41, 5.74) is 0.736. The van der Waals surface area contributed by atoms with Crippen LogP contribution in [0, 0.1) is 5.92 Å². The second-order valence-corrected chi connectivity index (χ2v) is 6.65. The van der Waals surface area contributed by atoms with Crippen LogP contribution in [0.3, 0.4) is 0 Å². The third-order valence-electron chi connectivity index (χ3n) is 3.96. The molecule has 0 saturated carbocycles. The molecule has 1 N–H and O–H groups in total. The predicted octanol–water partition coefficient (Wildman–Crippen LogP) is 2.30. The first-order valence-electron chi connectivity index (χ1n) is 8.72. The third-order valence-corrected chi connectivity index (χ3v) is 3.96. The normalized spacial score (nSPS) is 12.1. The summed E-state index contributed by atoms with van der Waals surface area (Å²) in [6.45, 7) is 6.38. The maximum atomic E-state index is 12.1. The zero-order chi connectivity index (χ0) is 19.1. The minimum atomic E-state index is -0.127. The van der Waals surface area contributed by atoms with Crippen molar-refractivity contribution in [2.24, 2.45) is 5.92 Å². The Morgan fingerprint density at radius 1 is 1.15 bits per heavy atom. The van der Waals surface area contributed by atoms with Gasteiger partial charge in [0.25, 0.3) is 0 Å². The Morgan fingerprint density at radius 2 is 1.88 bits per heavy atom. The molecule has 0 saturated heterocycles. The molecule has 1 aromatic carbocycles. The van der Waals surface area contributed by atoms with E-state index < -0.39 is 0 Å². The van der Waals surface area contributed by atoms with Crippen molar-refractivity contribution in [3.63, 3.8) is 0 Å². The molecule has 0 fully saturated rings. The lowest BCUT2D eigenvalue weighted by molar-refractivity contribution is -0.122. The zero-order valence-corrected chi connectivity index (χ0v) is 16.0. The number of methoxy groups -OCH3 is 2. The van der Waals surface area contributed by atoms with Crippen molar-refractivity contribution in [3.05, 3.63) is 18.2 Å². The van der Waals surface area contributed by atoms with E-state index in [9.17, 15) is 4.79 Å². The molecule has 0 bridgehead atoms. The number of tetrazole rings is 1. The number of nitrogens with one attached hydrogen (secondary N) is 1. The fourth-order valence-electron chi connectivity index (χ4n) is 2.51. The van der Waals surface area contributed by atoms with E-state index in [0.29, 0.717) is 23.2 Å². The molecule has 8 heteroatoms. The number of benzene rings is 1. The van der Waals surface area contributed by atoms with Crippen molar-refractivity contribution in [2.45, 2.75) is 46.2 Å². The van der Waals surface area contributed by atoms with E-state index in [1.807, 2.05) is 13.0 Å². The van der Waals surface area contributed by atoms with Gasteiger partial charge in [0.2, 0.25) is 11.7 Å². The summed E-state index contributed by atoms with van der Waals surface area (Å²) >= 11 is 0. The molecule has 0 aliphatic carbocycles. The van der Waals surface area contributed by atoms with Crippen LogP contribution >= 0.6 is 0 Å². The summed E-state index contributed by atoms with van der Waals surface area (Å²) in [5, 5.41) is 15.2. The van der Waals surface area contributed by atoms with Gasteiger partial charge in [-0.05, 0) is 49.1 Å². The van der Waals surface area contributed by atoms with Gasteiger partial charge in [0, 0.05) is 11.6 Å². The Morgan fingerprint density at radius 3 is 2.54 bits per heavy atom. The molecule has 8 nitrogen and oxygen atoms in total. The predicted molar refractivity (Wildman–Crippen MR) is 98.0 cm³/mol. The number of nitrogens with zero attached hydrogens (tertiary/aromatic N) is 4. The summed E-state index contributed by atoms with van der Waals surface area (Å²) in [7, 11) is 3.14. The van der Waals surface area contributed by atoms with Crippen LogP contribution in [0.2, 0.25) is 0 Å². The minimum absolute atomic E-state index is 0.0340. The second kappa shape index (κ2) is 9.17. The van der Waals surface area contributed by atoms with Gasteiger partial charge in [0.15, 0.2) is 11.5 Å². The highest BCUT2D eigenvalue weighted by molar-refractivity contribution is 5.75. The monoisotopic (exact) mass is 361 g/mol. The average Bonchev–Trinajstić information content (AvgIpc) is 3.07. The second-order valence-electron chi connectivity index (χ2n) is 6.65. The lowest BCUT2D eigenvalue weighted by atomic mass is 10.0. The maximum Gasteiger partial charge on any atom is 0.243 e. The first-order chi connectivity index (χ1) is 12.4. The Hall–Kier alpha value is -2.64. The molecule has 0 spiro atoms. The summed E-state index contributed by atoms with van der Waals surface area (Å²) < 4.78 is 10.5. The van der Waals surface area contributed by atoms with E-state index in [1.165, 1.54) is 4.80 Å². The molecule has 0 unspecified atom stereocenters. The van der Waals surface area contributed by atoms with Crippen molar-refractivity contribution in [1.82, 2.24) is 25.5 Å². The summed E-state index contributed by atoms with van der Waals surface area (Å²) in [4.78, 5) is 13.4. The van der Waals surface area contributed by atoms with Gasteiger partial charge < -0.3 is 14.8 Å². The van der Waals surface area contributed by atoms with Gasteiger partial charge in [-0.1, -0.05) is 13.8 Å². The zero-order valence-electron chi connectivity index (χ0n) is 16.0. The van der Waals surface area contributed by atoms with Gasteiger partial charge in [0.1, 0.15) is 6.54 Å². The van der Waals surface area contributed by atoms with E-state index in [2.05, 4.69) is 34.6 Å². The molecule has 0 radical (unpaired) electrons. The molecular formula is C18H27N5O3. The molecule has 0 aliphatic heterocycles. The number of ether oxygens (including phenoxy) is 2. The van der Waals surface area contributed by atoms with Gasteiger partial charge in [-0.2, -0.15) is 4.80 Å². The van der Waals surface area contributed by atoms with Crippen LogP contribution in [0.25, 0.3) is 11.4 Å². The van der Waals surface area contributed by atoms with Crippen LogP contribution < -0.4 is 14.8 Å². The molecule has 1 amide bonds. The Labute approximate surface area is 153 Å². The Balaban J connectivity index is 1.98. The quantitative estimate of drug-likeness (QED) is 0.737. The number of hydrogen-bond donors (Lipinski definition) is 1. The fraction of sp³-hybridized carbons (Fsp3) is 0.556. The van der Waals surface area contributed by atoms with E-state index in [1.54, 1.807) is 26.4 Å². The Kier molecular flexibility index (Phi) is 6.94. The summed E-state index contributed by atoms with van der Waals surface area (Å²) in [6.07, 6.45) is 2.03. The number of carbonyl (C=O) groups is 1. The molecule has 1 atom stereocenters.